The van der Waals surface area contributed by atoms with Crippen LogP contribution >= 0.6 is 11.6 Å². The lowest BCUT2D eigenvalue weighted by atomic mass is 10.1. The van der Waals surface area contributed by atoms with Crippen LogP contribution in [-0.4, -0.2) is 50.8 Å². The van der Waals surface area contributed by atoms with Crippen LogP contribution in [0.4, 0.5) is 18.9 Å². The summed E-state index contributed by atoms with van der Waals surface area (Å²) in [6.07, 6.45) is -2.67. The summed E-state index contributed by atoms with van der Waals surface area (Å²) in [5.41, 5.74) is -0.741. The third-order valence-electron chi connectivity index (χ3n) is 6.85. The lowest BCUT2D eigenvalue weighted by Crippen LogP contribution is -2.53. The van der Waals surface area contributed by atoms with Gasteiger partial charge in [-0.3, -0.25) is 13.9 Å². The fourth-order valence-corrected chi connectivity index (χ4v) is 6.19. The molecule has 1 atom stereocenters. The van der Waals surface area contributed by atoms with Crippen molar-refractivity contribution in [3.63, 3.8) is 0 Å². The minimum absolute atomic E-state index is 0.0796. The van der Waals surface area contributed by atoms with E-state index in [1.165, 1.54) is 29.2 Å². The van der Waals surface area contributed by atoms with Crippen LogP contribution in [0.3, 0.4) is 0 Å². The highest BCUT2D eigenvalue weighted by Crippen LogP contribution is 2.38. The molecule has 0 radical (unpaired) electrons. The number of benzene rings is 3. The molecule has 3 rings (SSSR count). The average Bonchev–Trinajstić information content (AvgIpc) is 2.98. The number of hydrogen-bond acceptors (Lipinski definition) is 4. The topological polar surface area (TPSA) is 86.8 Å². The van der Waals surface area contributed by atoms with E-state index in [2.05, 4.69) is 5.32 Å². The lowest BCUT2D eigenvalue weighted by molar-refractivity contribution is -0.139. The molecular weight excluding hydrogens is 603 g/mol. The number of rotatable bonds is 14. The van der Waals surface area contributed by atoms with Crippen LogP contribution in [0.15, 0.2) is 83.8 Å². The maximum absolute atomic E-state index is 14.0. The van der Waals surface area contributed by atoms with Crippen LogP contribution in [-0.2, 0) is 32.2 Å². The molecule has 0 heterocycles. The number of anilines is 1. The molecule has 3 aromatic carbocycles. The first-order valence-electron chi connectivity index (χ1n) is 14.0. The number of carbonyl (C=O) groups is 2. The minimum Gasteiger partial charge on any atom is -0.354 e. The maximum atomic E-state index is 14.0. The summed E-state index contributed by atoms with van der Waals surface area (Å²) < 4.78 is 69.6. The number of amides is 2. The number of nitrogens with zero attached hydrogens (tertiary/aromatic N) is 2. The Kier molecular flexibility index (Phi) is 12.0. The normalized spacial score (nSPS) is 12.4. The first kappa shape index (κ1) is 33.9. The van der Waals surface area contributed by atoms with Gasteiger partial charge in [-0.2, -0.15) is 13.2 Å². The van der Waals surface area contributed by atoms with Gasteiger partial charge in [-0.1, -0.05) is 80.4 Å². The van der Waals surface area contributed by atoms with Crippen LogP contribution in [0.5, 0.6) is 0 Å². The molecule has 3 aromatic rings. The molecule has 0 aliphatic heterocycles. The number of nitrogens with one attached hydrogen (secondary N) is 1. The van der Waals surface area contributed by atoms with Crippen LogP contribution in [0.2, 0.25) is 5.02 Å². The van der Waals surface area contributed by atoms with E-state index in [9.17, 15) is 31.2 Å². The van der Waals surface area contributed by atoms with Gasteiger partial charge in [0.2, 0.25) is 11.8 Å². The first-order chi connectivity index (χ1) is 20.4. The highest BCUT2D eigenvalue weighted by atomic mass is 35.5. The van der Waals surface area contributed by atoms with Gasteiger partial charge in [-0.05, 0) is 55.2 Å². The van der Waals surface area contributed by atoms with E-state index >= 15 is 0 Å². The molecule has 2 amide bonds. The van der Waals surface area contributed by atoms with Gasteiger partial charge in [-0.25, -0.2) is 8.42 Å². The lowest BCUT2D eigenvalue weighted by Gasteiger charge is -2.33. The number of halogens is 4. The number of hydrogen-bond donors (Lipinski definition) is 1. The van der Waals surface area contributed by atoms with Gasteiger partial charge in [0, 0.05) is 13.1 Å². The molecule has 0 bridgehead atoms. The second-order valence-electron chi connectivity index (χ2n) is 9.88. The Morgan fingerprint density at radius 1 is 0.953 bits per heavy atom. The Morgan fingerprint density at radius 2 is 1.58 bits per heavy atom. The van der Waals surface area contributed by atoms with Crippen molar-refractivity contribution in [2.75, 3.05) is 23.9 Å². The number of unbranched alkanes of at least 4 members (excludes halogenated alkanes) is 1. The molecule has 12 heteroatoms. The van der Waals surface area contributed by atoms with Gasteiger partial charge in [0.25, 0.3) is 10.0 Å². The van der Waals surface area contributed by atoms with Crippen molar-refractivity contribution < 1.29 is 31.2 Å². The van der Waals surface area contributed by atoms with Crippen LogP contribution in [0.25, 0.3) is 0 Å². The molecule has 0 aliphatic rings. The van der Waals surface area contributed by atoms with Crippen molar-refractivity contribution >= 4 is 39.1 Å². The summed E-state index contributed by atoms with van der Waals surface area (Å²) in [4.78, 5) is 28.3. The molecule has 43 heavy (non-hydrogen) atoms. The quantitative estimate of drug-likeness (QED) is 0.210. The molecule has 7 nitrogen and oxygen atoms in total. The summed E-state index contributed by atoms with van der Waals surface area (Å²) in [5.74, 6) is -1.13. The van der Waals surface area contributed by atoms with E-state index < -0.39 is 51.0 Å². The zero-order valence-corrected chi connectivity index (χ0v) is 25.6. The smallest absolute Gasteiger partial charge is 0.354 e. The molecule has 1 N–H and O–H groups in total. The Hall–Kier alpha value is -3.57. The highest BCUT2D eigenvalue weighted by Gasteiger charge is 2.37. The van der Waals surface area contributed by atoms with Crippen LogP contribution in [0, 0.1) is 0 Å². The minimum atomic E-state index is -4.87. The summed E-state index contributed by atoms with van der Waals surface area (Å²) >= 11 is 5.81. The van der Waals surface area contributed by atoms with E-state index in [1.54, 1.807) is 13.0 Å². The monoisotopic (exact) mass is 637 g/mol. The van der Waals surface area contributed by atoms with Gasteiger partial charge >= 0.3 is 6.18 Å². The predicted octanol–water partition coefficient (Wildman–Crippen LogP) is 6.32. The van der Waals surface area contributed by atoms with Crippen molar-refractivity contribution in [3.05, 3.63) is 95.0 Å². The molecule has 0 aliphatic carbocycles. The van der Waals surface area contributed by atoms with Crippen molar-refractivity contribution in [1.82, 2.24) is 10.2 Å². The van der Waals surface area contributed by atoms with Crippen LogP contribution < -0.4 is 9.62 Å². The van der Waals surface area contributed by atoms with Gasteiger partial charge in [0.15, 0.2) is 0 Å². The second kappa shape index (κ2) is 15.2. The highest BCUT2D eigenvalue weighted by molar-refractivity contribution is 7.92. The Labute approximate surface area is 255 Å². The molecule has 0 spiro atoms. The van der Waals surface area contributed by atoms with E-state index in [0.717, 1.165) is 30.5 Å². The zero-order valence-electron chi connectivity index (χ0n) is 24.0. The van der Waals surface area contributed by atoms with Crippen LogP contribution in [0.1, 0.15) is 44.2 Å². The summed E-state index contributed by atoms with van der Waals surface area (Å²) in [5, 5.41) is 2.22. The molecule has 0 aromatic heterocycles. The molecule has 0 saturated heterocycles. The largest absolute Gasteiger partial charge is 0.417 e. The third kappa shape index (κ3) is 8.96. The summed E-state index contributed by atoms with van der Waals surface area (Å²) in [6, 6.07) is 18.1. The van der Waals surface area contributed by atoms with Crippen molar-refractivity contribution in [2.45, 2.75) is 56.6 Å². The number of sulfonamides is 1. The fraction of sp³-hybridized carbons (Fsp3) is 0.355. The Balaban J connectivity index is 2.06. The predicted molar refractivity (Wildman–Crippen MR) is 161 cm³/mol. The molecular formula is C31H35ClF3N3O4S. The van der Waals surface area contributed by atoms with Crippen molar-refractivity contribution in [3.8, 4) is 0 Å². The van der Waals surface area contributed by atoms with E-state index in [-0.39, 0.29) is 23.8 Å². The van der Waals surface area contributed by atoms with Crippen molar-refractivity contribution in [2.24, 2.45) is 0 Å². The van der Waals surface area contributed by atoms with Gasteiger partial charge in [0.1, 0.15) is 12.6 Å². The summed E-state index contributed by atoms with van der Waals surface area (Å²) in [6.45, 7) is 3.36. The van der Waals surface area contributed by atoms with E-state index in [1.807, 2.05) is 37.3 Å². The molecule has 232 valence electrons. The van der Waals surface area contributed by atoms with Crippen molar-refractivity contribution in [1.29, 1.82) is 0 Å². The fourth-order valence-electron chi connectivity index (χ4n) is 4.54. The SMILES string of the molecule is CCCCNC(=O)[C@@H](CC)N(CCc1ccccc1)C(=O)CN(c1ccc(Cl)c(C(F)(F)F)c1)S(=O)(=O)c1ccccc1. The average molecular weight is 638 g/mol. The maximum Gasteiger partial charge on any atom is 0.417 e. The summed E-state index contributed by atoms with van der Waals surface area (Å²) in [7, 11) is -4.52. The van der Waals surface area contributed by atoms with Gasteiger partial charge in [0.05, 0.1) is 21.2 Å². The van der Waals surface area contributed by atoms with Gasteiger partial charge < -0.3 is 10.2 Å². The third-order valence-corrected chi connectivity index (χ3v) is 8.97. The standard InChI is InChI=1S/C31H35ClF3N3O4S/c1-3-5-19-36-30(40)28(4-2)37(20-18-23-12-8-6-9-13-23)29(39)22-38(43(41,42)25-14-10-7-11-15-25)24-16-17-27(32)26(21-24)31(33,34)35/h6-17,21,28H,3-5,18-20,22H2,1-2H3,(H,36,40)/t28-/m1/s1. The van der Waals surface area contributed by atoms with E-state index in [0.29, 0.717) is 23.3 Å². The van der Waals surface area contributed by atoms with E-state index in [4.69, 9.17) is 11.6 Å². The molecule has 0 fully saturated rings. The number of alkyl halides is 3. The first-order valence-corrected chi connectivity index (χ1v) is 15.8. The zero-order chi connectivity index (χ0) is 31.6. The van der Waals surface area contributed by atoms with Gasteiger partial charge in [-0.15, -0.1) is 0 Å². The Bertz CT molecular complexity index is 1470. The Morgan fingerprint density at radius 3 is 2.16 bits per heavy atom. The molecule has 0 saturated carbocycles. The molecule has 0 unspecified atom stereocenters. The second-order valence-corrected chi connectivity index (χ2v) is 12.1. The number of carbonyl (C=O) groups excluding carboxylic acids is 2.